The minimum atomic E-state index is -3.70. The van der Waals surface area contributed by atoms with Crippen LogP contribution in [0.15, 0.2) is 53.6 Å². The summed E-state index contributed by atoms with van der Waals surface area (Å²) in [6, 6.07) is 11.1. The van der Waals surface area contributed by atoms with Crippen LogP contribution in [0.5, 0.6) is 0 Å². The smallest absolute Gasteiger partial charge is 0.243 e. The number of amides is 1. The molecule has 0 spiro atoms. The minimum absolute atomic E-state index is 0.211. The van der Waals surface area contributed by atoms with Gasteiger partial charge in [-0.05, 0) is 49.6 Å². The van der Waals surface area contributed by atoms with E-state index in [-0.39, 0.29) is 10.8 Å². The van der Waals surface area contributed by atoms with Crippen LogP contribution in [0.25, 0.3) is 0 Å². The van der Waals surface area contributed by atoms with Crippen molar-refractivity contribution in [2.75, 3.05) is 11.9 Å². The Bertz CT molecular complexity index is 853. The highest BCUT2D eigenvalue weighted by Crippen LogP contribution is 2.26. The average molecular weight is 359 g/mol. The lowest BCUT2D eigenvalue weighted by molar-refractivity contribution is -0.120. The van der Waals surface area contributed by atoms with E-state index >= 15 is 0 Å². The Labute approximate surface area is 147 Å². The van der Waals surface area contributed by atoms with Crippen molar-refractivity contribution in [3.8, 4) is 0 Å². The number of rotatable bonds is 4. The molecule has 2 aromatic rings. The van der Waals surface area contributed by atoms with Crippen LogP contribution in [0.1, 0.15) is 24.8 Å². The van der Waals surface area contributed by atoms with E-state index in [1.54, 1.807) is 42.6 Å². The Kier molecular flexibility index (Phi) is 5.15. The van der Waals surface area contributed by atoms with E-state index in [9.17, 15) is 13.2 Å². The van der Waals surface area contributed by atoms with Gasteiger partial charge in [0.1, 0.15) is 11.9 Å². The summed E-state index contributed by atoms with van der Waals surface area (Å²) in [6.07, 6.45) is 3.69. The number of hydrogen-bond donors (Lipinski definition) is 1. The second kappa shape index (κ2) is 7.33. The van der Waals surface area contributed by atoms with Crippen LogP contribution in [-0.4, -0.2) is 36.2 Å². The van der Waals surface area contributed by atoms with E-state index < -0.39 is 16.1 Å². The van der Waals surface area contributed by atoms with Crippen LogP contribution in [0, 0.1) is 6.92 Å². The highest BCUT2D eigenvalue weighted by Gasteiger charge is 2.37. The summed E-state index contributed by atoms with van der Waals surface area (Å²) in [6.45, 7) is 2.25. The van der Waals surface area contributed by atoms with E-state index in [0.29, 0.717) is 18.8 Å². The highest BCUT2D eigenvalue weighted by molar-refractivity contribution is 7.89. The zero-order valence-electron chi connectivity index (χ0n) is 14.1. The molecule has 1 unspecified atom stereocenters. The summed E-state index contributed by atoms with van der Waals surface area (Å²) in [7, 11) is -3.70. The number of piperidine rings is 1. The molecule has 1 aliphatic rings. The molecule has 25 heavy (non-hydrogen) atoms. The van der Waals surface area contributed by atoms with E-state index in [0.717, 1.165) is 18.4 Å². The molecule has 1 atom stereocenters. The second-order valence-corrected chi connectivity index (χ2v) is 8.04. The maximum Gasteiger partial charge on any atom is 0.243 e. The standard InChI is InChI=1S/C18H21N3O3S/c1-14-10-11-19-17(13-14)20-18(22)16-9-5-6-12-21(16)25(23,24)15-7-3-2-4-8-15/h2-4,7-8,10-11,13,16H,5-6,9,12H2,1H3,(H,19,20,22). The number of nitrogens with zero attached hydrogens (tertiary/aromatic N) is 2. The molecular weight excluding hydrogens is 338 g/mol. The average Bonchev–Trinajstić information content (AvgIpc) is 2.62. The molecule has 1 aliphatic heterocycles. The summed E-state index contributed by atoms with van der Waals surface area (Å²) in [5.41, 5.74) is 0.975. The maximum absolute atomic E-state index is 12.9. The van der Waals surface area contributed by atoms with Gasteiger partial charge in [0.15, 0.2) is 0 Å². The van der Waals surface area contributed by atoms with Crippen molar-refractivity contribution < 1.29 is 13.2 Å². The number of pyridine rings is 1. The first-order valence-electron chi connectivity index (χ1n) is 8.29. The van der Waals surface area contributed by atoms with Crippen molar-refractivity contribution in [1.29, 1.82) is 0 Å². The number of benzene rings is 1. The summed E-state index contributed by atoms with van der Waals surface area (Å²) in [4.78, 5) is 17.0. The Balaban J connectivity index is 1.84. The minimum Gasteiger partial charge on any atom is -0.309 e. The van der Waals surface area contributed by atoms with Gasteiger partial charge < -0.3 is 5.32 Å². The quantitative estimate of drug-likeness (QED) is 0.910. The molecule has 1 aromatic carbocycles. The van der Waals surface area contributed by atoms with Crippen molar-refractivity contribution in [2.45, 2.75) is 37.1 Å². The molecule has 1 fully saturated rings. The highest BCUT2D eigenvalue weighted by atomic mass is 32.2. The first-order valence-corrected chi connectivity index (χ1v) is 9.73. The van der Waals surface area contributed by atoms with Crippen LogP contribution in [-0.2, 0) is 14.8 Å². The van der Waals surface area contributed by atoms with E-state index in [1.807, 2.05) is 13.0 Å². The van der Waals surface area contributed by atoms with Gasteiger partial charge in [0.05, 0.1) is 4.90 Å². The molecule has 3 rings (SSSR count). The van der Waals surface area contributed by atoms with E-state index in [2.05, 4.69) is 10.3 Å². The number of anilines is 1. The lowest BCUT2D eigenvalue weighted by Gasteiger charge is -2.33. The van der Waals surface area contributed by atoms with Crippen LogP contribution in [0.3, 0.4) is 0 Å². The Hall–Kier alpha value is -2.25. The van der Waals surface area contributed by atoms with Crippen LogP contribution in [0.2, 0.25) is 0 Å². The third kappa shape index (κ3) is 3.88. The molecule has 0 radical (unpaired) electrons. The van der Waals surface area contributed by atoms with E-state index in [4.69, 9.17) is 0 Å². The molecule has 0 bridgehead atoms. The number of nitrogens with one attached hydrogen (secondary N) is 1. The number of carbonyl (C=O) groups excluding carboxylic acids is 1. The molecule has 1 aromatic heterocycles. The molecule has 132 valence electrons. The summed E-state index contributed by atoms with van der Waals surface area (Å²) in [5.74, 6) is 0.102. The summed E-state index contributed by atoms with van der Waals surface area (Å²) < 4.78 is 27.2. The summed E-state index contributed by atoms with van der Waals surface area (Å²) >= 11 is 0. The predicted molar refractivity (Wildman–Crippen MR) is 95.6 cm³/mol. The monoisotopic (exact) mass is 359 g/mol. The van der Waals surface area contributed by atoms with Crippen LogP contribution >= 0.6 is 0 Å². The number of sulfonamides is 1. The molecule has 6 nitrogen and oxygen atoms in total. The Morgan fingerprint density at radius 1 is 1.20 bits per heavy atom. The van der Waals surface area contributed by atoms with Gasteiger partial charge in [-0.2, -0.15) is 4.31 Å². The van der Waals surface area contributed by atoms with Gasteiger partial charge in [0, 0.05) is 12.7 Å². The van der Waals surface area contributed by atoms with Crippen molar-refractivity contribution in [1.82, 2.24) is 9.29 Å². The van der Waals surface area contributed by atoms with Gasteiger partial charge in [-0.3, -0.25) is 4.79 Å². The molecule has 0 aliphatic carbocycles. The molecular formula is C18H21N3O3S. The lowest BCUT2D eigenvalue weighted by atomic mass is 10.0. The molecule has 2 heterocycles. The fourth-order valence-electron chi connectivity index (χ4n) is 3.00. The largest absolute Gasteiger partial charge is 0.309 e. The van der Waals surface area contributed by atoms with Gasteiger partial charge in [0.2, 0.25) is 15.9 Å². The number of carbonyl (C=O) groups is 1. The third-order valence-corrected chi connectivity index (χ3v) is 6.20. The fourth-order valence-corrected chi connectivity index (χ4v) is 4.67. The van der Waals surface area contributed by atoms with Crippen molar-refractivity contribution >= 4 is 21.7 Å². The van der Waals surface area contributed by atoms with Gasteiger partial charge >= 0.3 is 0 Å². The Morgan fingerprint density at radius 2 is 1.96 bits per heavy atom. The SMILES string of the molecule is Cc1ccnc(NC(=O)C2CCCCN2S(=O)(=O)c2ccccc2)c1. The zero-order valence-corrected chi connectivity index (χ0v) is 14.9. The van der Waals surface area contributed by atoms with Gasteiger partial charge in [-0.1, -0.05) is 24.6 Å². The summed E-state index contributed by atoms with van der Waals surface area (Å²) in [5, 5.41) is 2.75. The number of aryl methyl sites for hydroxylation is 1. The van der Waals surface area contributed by atoms with Gasteiger partial charge in [-0.15, -0.1) is 0 Å². The second-order valence-electron chi connectivity index (χ2n) is 6.15. The molecule has 1 saturated heterocycles. The van der Waals surface area contributed by atoms with Crippen molar-refractivity contribution in [2.24, 2.45) is 0 Å². The Morgan fingerprint density at radius 3 is 2.68 bits per heavy atom. The normalized spacial score (nSPS) is 18.7. The number of hydrogen-bond acceptors (Lipinski definition) is 4. The first-order chi connectivity index (χ1) is 12.0. The molecule has 1 amide bonds. The lowest BCUT2D eigenvalue weighted by Crippen LogP contribution is -2.49. The fraction of sp³-hybridized carbons (Fsp3) is 0.333. The first kappa shape index (κ1) is 17.6. The van der Waals surface area contributed by atoms with Crippen molar-refractivity contribution in [3.63, 3.8) is 0 Å². The van der Waals surface area contributed by atoms with Crippen molar-refractivity contribution in [3.05, 3.63) is 54.2 Å². The molecule has 0 saturated carbocycles. The third-order valence-electron chi connectivity index (χ3n) is 4.27. The predicted octanol–water partition coefficient (Wildman–Crippen LogP) is 2.57. The maximum atomic E-state index is 12.9. The topological polar surface area (TPSA) is 79.4 Å². The van der Waals surface area contributed by atoms with E-state index in [1.165, 1.54) is 4.31 Å². The zero-order chi connectivity index (χ0) is 17.9. The van der Waals surface area contributed by atoms with Crippen LogP contribution in [0.4, 0.5) is 5.82 Å². The molecule has 7 heteroatoms. The van der Waals surface area contributed by atoms with Crippen LogP contribution < -0.4 is 5.32 Å². The van der Waals surface area contributed by atoms with Gasteiger partial charge in [0.25, 0.3) is 0 Å². The van der Waals surface area contributed by atoms with Gasteiger partial charge in [-0.25, -0.2) is 13.4 Å². The number of aromatic nitrogens is 1. The molecule has 1 N–H and O–H groups in total.